The molecule has 2 aliphatic heterocycles. The first-order chi connectivity index (χ1) is 13.0. The normalized spacial score (nSPS) is 19.2. The maximum Gasteiger partial charge on any atom is 0.336 e. The van der Waals surface area contributed by atoms with E-state index in [2.05, 4.69) is 6.07 Å². The molecule has 0 radical (unpaired) electrons. The van der Waals surface area contributed by atoms with E-state index in [1.54, 1.807) is 12.0 Å². The predicted molar refractivity (Wildman–Crippen MR) is 102 cm³/mol. The van der Waals surface area contributed by atoms with Crippen LogP contribution >= 0.6 is 0 Å². The van der Waals surface area contributed by atoms with Crippen molar-refractivity contribution in [3.63, 3.8) is 0 Å². The van der Waals surface area contributed by atoms with E-state index in [-0.39, 0.29) is 30.8 Å². The Morgan fingerprint density at radius 1 is 1.04 bits per heavy atom. The highest BCUT2D eigenvalue weighted by atomic mass is 16.5. The van der Waals surface area contributed by atoms with Crippen molar-refractivity contribution in [3.05, 3.63) is 70.4 Å². The lowest BCUT2D eigenvalue weighted by Gasteiger charge is -2.32. The van der Waals surface area contributed by atoms with Crippen LogP contribution < -0.4 is 9.64 Å². The van der Waals surface area contributed by atoms with Gasteiger partial charge in [-0.2, -0.15) is 0 Å². The molecule has 0 saturated carbocycles. The third kappa shape index (κ3) is 2.99. The van der Waals surface area contributed by atoms with E-state index in [1.165, 1.54) is 0 Å². The number of esters is 1. The second kappa shape index (κ2) is 6.58. The van der Waals surface area contributed by atoms with E-state index in [1.807, 2.05) is 50.2 Å². The molecule has 2 aromatic carbocycles. The van der Waals surface area contributed by atoms with Gasteiger partial charge in [-0.05, 0) is 54.8 Å². The van der Waals surface area contributed by atoms with Gasteiger partial charge in [0.25, 0.3) is 0 Å². The molecule has 0 aliphatic carbocycles. The maximum absolute atomic E-state index is 13.1. The van der Waals surface area contributed by atoms with Crippen molar-refractivity contribution in [2.75, 3.05) is 18.6 Å². The van der Waals surface area contributed by atoms with E-state index in [4.69, 9.17) is 9.47 Å². The number of carbonyl (C=O) groups is 2. The zero-order valence-corrected chi connectivity index (χ0v) is 15.6. The molecule has 5 heteroatoms. The van der Waals surface area contributed by atoms with Crippen LogP contribution in [0.5, 0.6) is 5.75 Å². The van der Waals surface area contributed by atoms with Crippen LogP contribution in [0.2, 0.25) is 0 Å². The highest BCUT2D eigenvalue weighted by molar-refractivity contribution is 6.06. The summed E-state index contributed by atoms with van der Waals surface area (Å²) in [6.07, 6.45) is 0.229. The van der Waals surface area contributed by atoms with Crippen LogP contribution in [-0.2, 0) is 14.3 Å². The van der Waals surface area contributed by atoms with E-state index in [0.29, 0.717) is 11.3 Å². The fourth-order valence-corrected chi connectivity index (χ4v) is 3.95. The topological polar surface area (TPSA) is 55.8 Å². The van der Waals surface area contributed by atoms with Gasteiger partial charge in [0.2, 0.25) is 5.91 Å². The molecule has 0 unspecified atom stereocenters. The molecule has 2 aliphatic rings. The average Bonchev–Trinajstić information content (AvgIpc) is 3.02. The lowest BCUT2D eigenvalue weighted by atomic mass is 9.84. The Bertz CT molecular complexity index is 939. The Hall–Kier alpha value is -3.08. The summed E-state index contributed by atoms with van der Waals surface area (Å²) in [5, 5.41) is 0. The van der Waals surface area contributed by atoms with Crippen molar-refractivity contribution in [2.24, 2.45) is 0 Å². The number of hydrogen-bond acceptors (Lipinski definition) is 4. The Morgan fingerprint density at radius 3 is 2.33 bits per heavy atom. The van der Waals surface area contributed by atoms with Crippen molar-refractivity contribution in [1.82, 2.24) is 0 Å². The third-order valence-corrected chi connectivity index (χ3v) is 5.10. The van der Waals surface area contributed by atoms with Gasteiger partial charge in [-0.25, -0.2) is 4.79 Å². The molecule has 1 amide bonds. The van der Waals surface area contributed by atoms with Gasteiger partial charge in [-0.15, -0.1) is 0 Å². The highest BCUT2D eigenvalue weighted by Gasteiger charge is 2.43. The fraction of sp³-hybridized carbons (Fsp3) is 0.273. The molecule has 5 nitrogen and oxygen atoms in total. The largest absolute Gasteiger partial charge is 0.497 e. The number of cyclic esters (lactones) is 1. The Balaban J connectivity index is 1.81. The number of anilines is 1. The number of hydrogen-bond donors (Lipinski definition) is 0. The van der Waals surface area contributed by atoms with Crippen LogP contribution in [0.15, 0.2) is 53.7 Å². The van der Waals surface area contributed by atoms with E-state index in [9.17, 15) is 9.59 Å². The zero-order valence-electron chi connectivity index (χ0n) is 15.6. The molecular formula is C22H21NO4. The van der Waals surface area contributed by atoms with Crippen LogP contribution in [0, 0.1) is 13.8 Å². The Morgan fingerprint density at radius 2 is 1.70 bits per heavy atom. The van der Waals surface area contributed by atoms with Gasteiger partial charge < -0.3 is 9.47 Å². The van der Waals surface area contributed by atoms with E-state index in [0.717, 1.165) is 28.1 Å². The average molecular weight is 363 g/mol. The summed E-state index contributed by atoms with van der Waals surface area (Å²) >= 11 is 0. The number of methoxy groups -OCH3 is 1. The summed E-state index contributed by atoms with van der Waals surface area (Å²) in [7, 11) is 1.61. The molecule has 0 fully saturated rings. The minimum atomic E-state index is -0.340. The summed E-state index contributed by atoms with van der Waals surface area (Å²) in [5.74, 6) is 0.0714. The lowest BCUT2D eigenvalue weighted by Crippen LogP contribution is -2.37. The quantitative estimate of drug-likeness (QED) is 0.781. The summed E-state index contributed by atoms with van der Waals surface area (Å²) in [6.45, 7) is 4.12. The van der Waals surface area contributed by atoms with Gasteiger partial charge >= 0.3 is 5.97 Å². The van der Waals surface area contributed by atoms with Crippen molar-refractivity contribution < 1.29 is 19.1 Å². The van der Waals surface area contributed by atoms with Crippen molar-refractivity contribution in [1.29, 1.82) is 0 Å². The fourth-order valence-electron chi connectivity index (χ4n) is 3.95. The third-order valence-electron chi connectivity index (χ3n) is 5.10. The molecule has 2 aromatic rings. The standard InChI is InChI=1S/C22H21NO4/c1-13-8-14(2)10-16(9-13)23-19-12-27-22(25)21(19)18(11-20(23)24)15-4-6-17(26-3)7-5-15/h4-10,18H,11-12H2,1-3H3/t18-/m0/s1. The van der Waals surface area contributed by atoms with Crippen LogP contribution in [0.1, 0.15) is 29.0 Å². The van der Waals surface area contributed by atoms with Crippen LogP contribution in [-0.4, -0.2) is 25.6 Å². The maximum atomic E-state index is 13.1. The second-order valence-electron chi connectivity index (χ2n) is 7.04. The molecule has 138 valence electrons. The van der Waals surface area contributed by atoms with E-state index < -0.39 is 0 Å². The smallest absolute Gasteiger partial charge is 0.336 e. The predicted octanol–water partition coefficient (Wildman–Crippen LogP) is 3.64. The molecule has 0 saturated heterocycles. The van der Waals surface area contributed by atoms with Gasteiger partial charge in [0.1, 0.15) is 12.4 Å². The van der Waals surface area contributed by atoms with Gasteiger partial charge in [-0.3, -0.25) is 9.69 Å². The number of aryl methyl sites for hydroxylation is 2. The van der Waals surface area contributed by atoms with Crippen molar-refractivity contribution >= 4 is 17.6 Å². The molecule has 0 N–H and O–H groups in total. The first-order valence-electron chi connectivity index (χ1n) is 8.93. The zero-order chi connectivity index (χ0) is 19.1. The highest BCUT2D eigenvalue weighted by Crippen LogP contribution is 2.42. The minimum absolute atomic E-state index is 0.0298. The number of nitrogens with zero attached hydrogens (tertiary/aromatic N) is 1. The molecule has 1 atom stereocenters. The van der Waals surface area contributed by atoms with Gasteiger partial charge in [0.15, 0.2) is 0 Å². The number of amides is 1. The molecule has 4 rings (SSSR count). The van der Waals surface area contributed by atoms with Crippen LogP contribution in [0.3, 0.4) is 0 Å². The minimum Gasteiger partial charge on any atom is -0.497 e. The van der Waals surface area contributed by atoms with Gasteiger partial charge in [0, 0.05) is 18.0 Å². The first kappa shape index (κ1) is 17.3. The molecule has 0 aromatic heterocycles. The number of carbonyl (C=O) groups excluding carboxylic acids is 2. The summed E-state index contributed by atoms with van der Waals surface area (Å²) in [6, 6.07) is 13.5. The van der Waals surface area contributed by atoms with E-state index >= 15 is 0 Å². The molecule has 27 heavy (non-hydrogen) atoms. The van der Waals surface area contributed by atoms with Crippen molar-refractivity contribution in [3.8, 4) is 5.75 Å². The summed E-state index contributed by atoms with van der Waals surface area (Å²) in [5.41, 5.74) is 5.08. The first-order valence-corrected chi connectivity index (χ1v) is 8.93. The van der Waals surface area contributed by atoms with Crippen LogP contribution in [0.25, 0.3) is 0 Å². The Labute approximate surface area is 158 Å². The lowest BCUT2D eigenvalue weighted by molar-refractivity contribution is -0.136. The van der Waals surface area contributed by atoms with Crippen LogP contribution in [0.4, 0.5) is 5.69 Å². The number of ether oxygens (including phenoxy) is 2. The molecular weight excluding hydrogens is 342 g/mol. The number of benzene rings is 2. The Kier molecular flexibility index (Phi) is 4.22. The second-order valence-corrected chi connectivity index (χ2v) is 7.04. The number of rotatable bonds is 3. The van der Waals surface area contributed by atoms with Crippen molar-refractivity contribution in [2.45, 2.75) is 26.2 Å². The summed E-state index contributed by atoms with van der Waals surface area (Å²) < 4.78 is 10.5. The van der Waals surface area contributed by atoms with Gasteiger partial charge in [0.05, 0.1) is 18.4 Å². The monoisotopic (exact) mass is 363 g/mol. The summed E-state index contributed by atoms with van der Waals surface area (Å²) in [4.78, 5) is 27.2. The molecule has 2 heterocycles. The SMILES string of the molecule is COc1ccc([C@@H]2CC(=O)N(c3cc(C)cc(C)c3)C3=C2C(=O)OC3)cc1. The van der Waals surface area contributed by atoms with Gasteiger partial charge in [-0.1, -0.05) is 18.2 Å². The molecule has 0 spiro atoms. The molecule has 0 bridgehead atoms.